The molecular weight excluding hydrogens is 269 g/mol. The van der Waals surface area contributed by atoms with E-state index in [1.54, 1.807) is 0 Å². The smallest absolute Gasteiger partial charge is 0.282 e. The van der Waals surface area contributed by atoms with Crippen LogP contribution in [-0.4, -0.2) is 17.9 Å². The van der Waals surface area contributed by atoms with Crippen LogP contribution < -0.4 is 0 Å². The van der Waals surface area contributed by atoms with Gasteiger partial charge in [0.15, 0.2) is 0 Å². The second kappa shape index (κ2) is 4.75. The second-order valence-electron chi connectivity index (χ2n) is 2.35. The van der Waals surface area contributed by atoms with Crippen molar-refractivity contribution < 1.29 is 17.9 Å². The molecular formula is C6H5Cl2NO5S. The van der Waals surface area contributed by atoms with E-state index in [1.165, 1.54) is 0 Å². The van der Waals surface area contributed by atoms with Gasteiger partial charge in [0.05, 0.1) is 4.92 Å². The van der Waals surface area contributed by atoms with E-state index in [2.05, 4.69) is 0 Å². The van der Waals surface area contributed by atoms with Crippen LogP contribution in [0.5, 0.6) is 0 Å². The lowest BCUT2D eigenvalue weighted by molar-refractivity contribution is -0.384. The van der Waals surface area contributed by atoms with E-state index in [0.29, 0.717) is 6.07 Å². The maximum atomic E-state index is 10.6. The van der Waals surface area contributed by atoms with Crippen molar-refractivity contribution in [3.63, 3.8) is 0 Å². The Morgan fingerprint density at radius 3 is 2.33 bits per heavy atom. The van der Waals surface area contributed by atoms with Crippen molar-refractivity contribution in [2.24, 2.45) is 0 Å². The first-order valence-electron chi connectivity index (χ1n) is 3.24. The minimum atomic E-state index is -4.44. The summed E-state index contributed by atoms with van der Waals surface area (Å²) in [7, 11) is -4.44. The molecule has 1 rings (SSSR count). The molecule has 0 bridgehead atoms. The summed E-state index contributed by atoms with van der Waals surface area (Å²) in [6.07, 6.45) is 0. The van der Waals surface area contributed by atoms with Crippen molar-refractivity contribution in [1.29, 1.82) is 0 Å². The zero-order chi connectivity index (χ0) is 10.9. The van der Waals surface area contributed by atoms with Gasteiger partial charge in [0.2, 0.25) is 0 Å². The fourth-order valence-electron chi connectivity index (χ4n) is 0.793. The monoisotopic (exact) mass is 273 g/mol. The van der Waals surface area contributed by atoms with E-state index in [0.717, 1.165) is 12.1 Å². The summed E-state index contributed by atoms with van der Waals surface area (Å²) in [5, 5.41) is 10.2. The molecule has 0 aliphatic rings. The van der Waals surface area contributed by atoms with Crippen LogP contribution in [0.2, 0.25) is 5.02 Å². The lowest BCUT2D eigenvalue weighted by Gasteiger charge is -1.98. The normalized spacial score (nSPS) is 10.5. The molecule has 0 radical (unpaired) electrons. The molecule has 1 N–H and O–H groups in total. The summed E-state index contributed by atoms with van der Waals surface area (Å²) in [5.74, 6) is 0. The molecule has 0 aromatic heterocycles. The number of rotatable bonds is 2. The van der Waals surface area contributed by atoms with Gasteiger partial charge < -0.3 is 0 Å². The maximum absolute atomic E-state index is 10.6. The molecule has 0 heterocycles. The molecule has 0 saturated heterocycles. The first-order valence-corrected chi connectivity index (χ1v) is 5.05. The molecule has 84 valence electrons. The summed E-state index contributed by atoms with van der Waals surface area (Å²) in [6.45, 7) is 0. The molecule has 1 aromatic rings. The van der Waals surface area contributed by atoms with Crippen molar-refractivity contribution in [1.82, 2.24) is 0 Å². The fourth-order valence-corrected chi connectivity index (χ4v) is 1.48. The summed E-state index contributed by atoms with van der Waals surface area (Å²) in [5.41, 5.74) is -0.568. The first-order chi connectivity index (χ1) is 6.32. The van der Waals surface area contributed by atoms with E-state index in [9.17, 15) is 18.5 Å². The summed E-state index contributed by atoms with van der Waals surface area (Å²) in [6, 6.07) is 2.70. The zero-order valence-corrected chi connectivity index (χ0v) is 9.34. The number of halogens is 2. The average Bonchev–Trinajstić information content (AvgIpc) is 2.02. The van der Waals surface area contributed by atoms with Gasteiger partial charge >= 0.3 is 0 Å². The SMILES string of the molecule is Cl.O=[N+]([O-])c1cc(S(=O)(=O)O)ccc1Cl. The Morgan fingerprint density at radius 1 is 1.40 bits per heavy atom. The van der Waals surface area contributed by atoms with E-state index >= 15 is 0 Å². The molecule has 0 amide bonds. The third-order valence-electron chi connectivity index (χ3n) is 1.41. The van der Waals surface area contributed by atoms with E-state index < -0.39 is 25.6 Å². The van der Waals surface area contributed by atoms with Gasteiger partial charge in [-0.3, -0.25) is 14.7 Å². The van der Waals surface area contributed by atoms with Crippen molar-refractivity contribution >= 4 is 39.8 Å². The van der Waals surface area contributed by atoms with Crippen LogP contribution in [0.25, 0.3) is 0 Å². The van der Waals surface area contributed by atoms with Crippen LogP contribution in [-0.2, 0) is 10.1 Å². The Labute approximate surface area is 96.2 Å². The van der Waals surface area contributed by atoms with Gasteiger partial charge in [0, 0.05) is 6.07 Å². The highest BCUT2D eigenvalue weighted by atomic mass is 35.5. The molecule has 0 spiro atoms. The van der Waals surface area contributed by atoms with Crippen molar-refractivity contribution in [3.05, 3.63) is 33.3 Å². The molecule has 0 aliphatic carbocycles. The highest BCUT2D eigenvalue weighted by molar-refractivity contribution is 7.85. The Kier molecular flexibility index (Phi) is 4.47. The Morgan fingerprint density at radius 2 is 1.93 bits per heavy atom. The Hall–Kier alpha value is -0.890. The minimum Gasteiger partial charge on any atom is -0.282 e. The Balaban J connectivity index is 0.00000196. The van der Waals surface area contributed by atoms with E-state index in [1.807, 2.05) is 0 Å². The largest absolute Gasteiger partial charge is 0.294 e. The molecule has 6 nitrogen and oxygen atoms in total. The number of hydrogen-bond acceptors (Lipinski definition) is 4. The van der Waals surface area contributed by atoms with Gasteiger partial charge in [-0.1, -0.05) is 11.6 Å². The molecule has 0 saturated carbocycles. The Bertz CT molecular complexity index is 486. The summed E-state index contributed by atoms with van der Waals surface area (Å²) >= 11 is 5.42. The highest BCUT2D eigenvalue weighted by Gasteiger charge is 2.18. The van der Waals surface area contributed by atoms with Gasteiger partial charge in [0.1, 0.15) is 9.92 Å². The standard InChI is InChI=1S/C6H4ClNO5S.ClH/c7-5-2-1-4(14(11,12)13)3-6(5)8(9)10;/h1-3H,(H,11,12,13);1H. The predicted octanol–water partition coefficient (Wildman–Crippen LogP) is 1.92. The summed E-state index contributed by atoms with van der Waals surface area (Å²) < 4.78 is 29.8. The van der Waals surface area contributed by atoms with Gasteiger partial charge in [-0.25, -0.2) is 0 Å². The van der Waals surface area contributed by atoms with Crippen LogP contribution >= 0.6 is 24.0 Å². The van der Waals surface area contributed by atoms with Crippen molar-refractivity contribution in [3.8, 4) is 0 Å². The molecule has 15 heavy (non-hydrogen) atoms. The van der Waals surface area contributed by atoms with E-state index in [4.69, 9.17) is 16.2 Å². The van der Waals surface area contributed by atoms with E-state index in [-0.39, 0.29) is 17.4 Å². The molecule has 0 fully saturated rings. The molecule has 0 atom stereocenters. The van der Waals surface area contributed by atoms with Crippen LogP contribution in [0.4, 0.5) is 5.69 Å². The quantitative estimate of drug-likeness (QED) is 0.504. The van der Waals surface area contributed by atoms with Crippen LogP contribution in [0.1, 0.15) is 0 Å². The molecule has 0 aliphatic heterocycles. The molecule has 9 heteroatoms. The molecule has 0 unspecified atom stereocenters. The number of nitro groups is 1. The average molecular weight is 274 g/mol. The van der Waals surface area contributed by atoms with Crippen molar-refractivity contribution in [2.75, 3.05) is 0 Å². The maximum Gasteiger partial charge on any atom is 0.294 e. The molecule has 1 aromatic carbocycles. The van der Waals surface area contributed by atoms with Gasteiger partial charge in [-0.15, -0.1) is 12.4 Å². The number of nitrogens with zero attached hydrogens (tertiary/aromatic N) is 1. The third-order valence-corrected chi connectivity index (χ3v) is 2.58. The van der Waals surface area contributed by atoms with Crippen molar-refractivity contribution in [2.45, 2.75) is 4.90 Å². The fraction of sp³-hybridized carbons (Fsp3) is 0. The second-order valence-corrected chi connectivity index (χ2v) is 4.17. The highest BCUT2D eigenvalue weighted by Crippen LogP contribution is 2.26. The minimum absolute atomic E-state index is 0. The number of hydrogen-bond donors (Lipinski definition) is 1. The predicted molar refractivity (Wildman–Crippen MR) is 55.2 cm³/mol. The number of nitro benzene ring substituents is 1. The zero-order valence-electron chi connectivity index (χ0n) is 6.95. The van der Waals surface area contributed by atoms with Gasteiger partial charge in [-0.2, -0.15) is 8.42 Å². The van der Waals surface area contributed by atoms with Crippen LogP contribution in [0.15, 0.2) is 23.1 Å². The number of benzene rings is 1. The van der Waals surface area contributed by atoms with Crippen LogP contribution in [0.3, 0.4) is 0 Å². The third kappa shape index (κ3) is 3.31. The first kappa shape index (κ1) is 14.1. The lowest BCUT2D eigenvalue weighted by Crippen LogP contribution is -1.99. The lowest BCUT2D eigenvalue weighted by atomic mass is 10.3. The van der Waals surface area contributed by atoms with Gasteiger partial charge in [0.25, 0.3) is 15.8 Å². The topological polar surface area (TPSA) is 97.5 Å². The van der Waals surface area contributed by atoms with Gasteiger partial charge in [-0.05, 0) is 12.1 Å². The summed E-state index contributed by atoms with van der Waals surface area (Å²) in [4.78, 5) is 8.95. The van der Waals surface area contributed by atoms with Crippen LogP contribution in [0, 0.1) is 10.1 Å².